The number of aromatic nitrogens is 3. The van der Waals surface area contributed by atoms with Crippen molar-refractivity contribution in [3.05, 3.63) is 70.5 Å². The molecule has 3 aromatic rings. The predicted octanol–water partition coefficient (Wildman–Crippen LogP) is 3.95. The van der Waals surface area contributed by atoms with Crippen molar-refractivity contribution in [2.45, 2.75) is 35.6 Å². The van der Waals surface area contributed by atoms with Gasteiger partial charge in [-0.15, -0.1) is 10.2 Å². The normalized spacial score (nSPS) is 18.7. The Morgan fingerprint density at radius 1 is 1.00 bits per heavy atom. The van der Waals surface area contributed by atoms with Crippen LogP contribution in [0, 0.1) is 10.1 Å². The van der Waals surface area contributed by atoms with E-state index in [1.807, 2.05) is 30.3 Å². The van der Waals surface area contributed by atoms with E-state index in [0.29, 0.717) is 29.7 Å². The number of nitro benzene ring substituents is 1. The van der Waals surface area contributed by atoms with Crippen molar-refractivity contribution in [1.29, 1.82) is 0 Å². The smallest absolute Gasteiger partial charge is 0.271 e. The summed E-state index contributed by atoms with van der Waals surface area (Å²) in [6.07, 6.45) is 2.86. The first-order valence-corrected chi connectivity index (χ1v) is 10.7. The standard InChI is InChI=1S/C21H19N5O3S/c27-20-18(11-12-24(20)16-7-4-8-17(13-16)26(28)29)30-21-23-22-19(14-9-10-14)25(21)15-5-2-1-3-6-15/h1-8,13-14,18H,9-12H2. The summed E-state index contributed by atoms with van der Waals surface area (Å²) >= 11 is 1.42. The van der Waals surface area contributed by atoms with E-state index in [1.165, 1.54) is 23.9 Å². The minimum Gasteiger partial charge on any atom is -0.311 e. The first kappa shape index (κ1) is 18.8. The molecule has 1 aliphatic heterocycles. The number of para-hydroxylation sites is 1. The quantitative estimate of drug-likeness (QED) is 0.442. The first-order chi connectivity index (χ1) is 14.6. The van der Waals surface area contributed by atoms with Gasteiger partial charge in [0.1, 0.15) is 5.82 Å². The lowest BCUT2D eigenvalue weighted by atomic mass is 10.2. The number of non-ortho nitro benzene ring substituents is 1. The summed E-state index contributed by atoms with van der Waals surface area (Å²) in [6.45, 7) is 0.520. The molecule has 152 valence electrons. The van der Waals surface area contributed by atoms with E-state index in [-0.39, 0.29) is 16.8 Å². The molecule has 1 amide bonds. The second-order valence-corrected chi connectivity index (χ2v) is 8.62. The minimum atomic E-state index is -0.446. The molecule has 1 unspecified atom stereocenters. The van der Waals surface area contributed by atoms with Crippen LogP contribution in [0.2, 0.25) is 0 Å². The van der Waals surface area contributed by atoms with E-state index in [1.54, 1.807) is 17.0 Å². The van der Waals surface area contributed by atoms with Crippen LogP contribution in [0.25, 0.3) is 5.69 Å². The lowest BCUT2D eigenvalue weighted by molar-refractivity contribution is -0.384. The minimum absolute atomic E-state index is 0.0192. The molecule has 5 rings (SSSR count). The van der Waals surface area contributed by atoms with E-state index >= 15 is 0 Å². The van der Waals surface area contributed by atoms with Gasteiger partial charge in [-0.2, -0.15) is 0 Å². The highest BCUT2D eigenvalue weighted by molar-refractivity contribution is 8.00. The SMILES string of the molecule is O=C1C(Sc2nnc(C3CC3)n2-c2ccccc2)CCN1c1cccc([N+](=O)[O-])c1. The second-order valence-electron chi connectivity index (χ2n) is 7.45. The fourth-order valence-electron chi connectivity index (χ4n) is 3.70. The van der Waals surface area contributed by atoms with Gasteiger partial charge in [0.25, 0.3) is 5.69 Å². The maximum absolute atomic E-state index is 13.1. The maximum atomic E-state index is 13.1. The summed E-state index contributed by atoms with van der Waals surface area (Å²) in [4.78, 5) is 25.3. The molecular weight excluding hydrogens is 402 g/mol. The molecule has 1 saturated carbocycles. The summed E-state index contributed by atoms with van der Waals surface area (Å²) < 4.78 is 2.06. The molecule has 2 aromatic carbocycles. The van der Waals surface area contributed by atoms with E-state index in [4.69, 9.17) is 0 Å². The van der Waals surface area contributed by atoms with Gasteiger partial charge < -0.3 is 4.90 Å². The molecule has 1 aromatic heterocycles. The number of hydrogen-bond donors (Lipinski definition) is 0. The number of anilines is 1. The Labute approximate surface area is 177 Å². The number of rotatable bonds is 6. The molecule has 30 heavy (non-hydrogen) atoms. The molecule has 1 atom stereocenters. The number of carbonyl (C=O) groups is 1. The molecular formula is C21H19N5O3S. The van der Waals surface area contributed by atoms with Gasteiger partial charge in [-0.05, 0) is 37.5 Å². The topological polar surface area (TPSA) is 94.2 Å². The fourth-order valence-corrected chi connectivity index (χ4v) is 4.80. The van der Waals surface area contributed by atoms with Crippen molar-refractivity contribution >= 4 is 29.0 Å². The van der Waals surface area contributed by atoms with Crippen LogP contribution < -0.4 is 4.90 Å². The number of amides is 1. The largest absolute Gasteiger partial charge is 0.311 e. The molecule has 0 spiro atoms. The van der Waals surface area contributed by atoms with Crippen molar-refractivity contribution in [1.82, 2.24) is 14.8 Å². The number of carbonyl (C=O) groups excluding carboxylic acids is 1. The van der Waals surface area contributed by atoms with Crippen molar-refractivity contribution in [3.8, 4) is 5.69 Å². The second kappa shape index (κ2) is 7.56. The molecule has 1 aliphatic carbocycles. The van der Waals surface area contributed by atoms with Gasteiger partial charge in [-0.1, -0.05) is 36.0 Å². The van der Waals surface area contributed by atoms with Gasteiger partial charge >= 0.3 is 0 Å². The number of thioether (sulfide) groups is 1. The first-order valence-electron chi connectivity index (χ1n) is 9.85. The van der Waals surface area contributed by atoms with Gasteiger partial charge in [0.15, 0.2) is 5.16 Å². The number of hydrogen-bond acceptors (Lipinski definition) is 6. The Kier molecular flexibility index (Phi) is 4.74. The third-order valence-corrected chi connectivity index (χ3v) is 6.57. The molecule has 0 N–H and O–H groups in total. The van der Waals surface area contributed by atoms with Crippen molar-refractivity contribution < 1.29 is 9.72 Å². The molecule has 8 nitrogen and oxygen atoms in total. The molecule has 2 fully saturated rings. The Morgan fingerprint density at radius 3 is 2.50 bits per heavy atom. The van der Waals surface area contributed by atoms with Gasteiger partial charge in [-0.3, -0.25) is 19.5 Å². The summed E-state index contributed by atoms with van der Waals surface area (Å²) in [5.74, 6) is 1.31. The van der Waals surface area contributed by atoms with Gasteiger partial charge in [0.05, 0.1) is 15.9 Å². The van der Waals surface area contributed by atoms with E-state index < -0.39 is 4.92 Å². The lowest BCUT2D eigenvalue weighted by Gasteiger charge is -2.16. The highest BCUT2D eigenvalue weighted by atomic mass is 32.2. The molecule has 2 heterocycles. The van der Waals surface area contributed by atoms with Crippen LogP contribution >= 0.6 is 11.8 Å². The highest BCUT2D eigenvalue weighted by Gasteiger charge is 2.37. The van der Waals surface area contributed by atoms with E-state index in [2.05, 4.69) is 14.8 Å². The van der Waals surface area contributed by atoms with Crippen molar-refractivity contribution in [3.63, 3.8) is 0 Å². The van der Waals surface area contributed by atoms with Crippen LogP contribution in [0.4, 0.5) is 11.4 Å². The van der Waals surface area contributed by atoms with Crippen LogP contribution in [0.3, 0.4) is 0 Å². The third-order valence-electron chi connectivity index (χ3n) is 5.37. The molecule has 0 radical (unpaired) electrons. The van der Waals surface area contributed by atoms with Crippen LogP contribution in [-0.4, -0.2) is 37.4 Å². The third kappa shape index (κ3) is 3.45. The lowest BCUT2D eigenvalue weighted by Crippen LogP contribution is -2.28. The van der Waals surface area contributed by atoms with Crippen LogP contribution in [0.15, 0.2) is 59.8 Å². The maximum Gasteiger partial charge on any atom is 0.271 e. The zero-order valence-electron chi connectivity index (χ0n) is 16.0. The highest BCUT2D eigenvalue weighted by Crippen LogP contribution is 2.42. The Hall–Kier alpha value is -3.20. The zero-order valence-corrected chi connectivity index (χ0v) is 16.9. The van der Waals surface area contributed by atoms with E-state index in [9.17, 15) is 14.9 Å². The average molecular weight is 421 g/mol. The van der Waals surface area contributed by atoms with Crippen LogP contribution in [-0.2, 0) is 4.79 Å². The van der Waals surface area contributed by atoms with Crippen molar-refractivity contribution in [2.75, 3.05) is 11.4 Å². The Balaban J connectivity index is 1.40. The zero-order chi connectivity index (χ0) is 20.7. The van der Waals surface area contributed by atoms with Gasteiger partial charge in [-0.25, -0.2) is 0 Å². The predicted molar refractivity (Wildman–Crippen MR) is 113 cm³/mol. The number of nitro groups is 1. The van der Waals surface area contributed by atoms with Crippen molar-refractivity contribution in [2.24, 2.45) is 0 Å². The summed E-state index contributed by atoms with van der Waals surface area (Å²) in [5, 5.41) is 20.3. The number of benzene rings is 2. The molecule has 1 saturated heterocycles. The molecule has 2 aliphatic rings. The van der Waals surface area contributed by atoms with Gasteiger partial charge in [0.2, 0.25) is 5.91 Å². The fraction of sp³-hybridized carbons (Fsp3) is 0.286. The summed E-state index contributed by atoms with van der Waals surface area (Å²) in [6, 6.07) is 16.2. The molecule has 9 heteroatoms. The monoisotopic (exact) mass is 421 g/mol. The van der Waals surface area contributed by atoms with Crippen LogP contribution in [0.5, 0.6) is 0 Å². The van der Waals surface area contributed by atoms with Gasteiger partial charge in [0, 0.05) is 30.3 Å². The summed E-state index contributed by atoms with van der Waals surface area (Å²) in [7, 11) is 0. The average Bonchev–Trinajstić information content (AvgIpc) is 3.43. The van der Waals surface area contributed by atoms with E-state index in [0.717, 1.165) is 24.4 Å². The Morgan fingerprint density at radius 2 is 1.77 bits per heavy atom. The Bertz CT molecular complexity index is 1110. The van der Waals surface area contributed by atoms with Crippen LogP contribution in [0.1, 0.15) is 31.0 Å². The molecule has 0 bridgehead atoms. The number of nitrogens with zero attached hydrogens (tertiary/aromatic N) is 5. The summed E-state index contributed by atoms with van der Waals surface area (Å²) in [5.41, 5.74) is 1.53.